The first kappa shape index (κ1) is 33.8. The molecule has 0 bridgehead atoms. The maximum Gasteiger partial charge on any atom is 0.303 e. The third-order valence-corrected chi connectivity index (χ3v) is 7.93. The van der Waals surface area contributed by atoms with E-state index in [9.17, 15) is 4.79 Å². The molecule has 9 heteroatoms. The highest BCUT2D eigenvalue weighted by Gasteiger charge is 2.49. The van der Waals surface area contributed by atoms with Gasteiger partial charge in [-0.2, -0.15) is 0 Å². The van der Waals surface area contributed by atoms with E-state index in [0.29, 0.717) is 26.4 Å². The molecule has 0 aromatic heterocycles. The van der Waals surface area contributed by atoms with Crippen LogP contribution in [0.3, 0.4) is 0 Å². The number of carbonyl (C=O) groups is 1. The summed E-state index contributed by atoms with van der Waals surface area (Å²) < 4.78 is 49.3. The summed E-state index contributed by atoms with van der Waals surface area (Å²) in [6.45, 7) is 3.19. The van der Waals surface area contributed by atoms with E-state index in [-0.39, 0.29) is 24.8 Å². The van der Waals surface area contributed by atoms with Gasteiger partial charge in [0, 0.05) is 20.6 Å². The number of esters is 1. The van der Waals surface area contributed by atoms with E-state index in [0.717, 1.165) is 29.5 Å². The Balaban J connectivity index is 1.35. The SMILES string of the molecule is CO[C@H]1O[C@H](CO/C=C/[C@H]2OCCC[C@@H]2OC(C)=O)[C@H](OCc2ccccc2)[C@H](OCc2ccccc2)[C@H]1OCc1ccccc1. The summed E-state index contributed by atoms with van der Waals surface area (Å²) in [7, 11) is 1.59. The van der Waals surface area contributed by atoms with Crippen LogP contribution in [-0.4, -0.2) is 69.2 Å². The summed E-state index contributed by atoms with van der Waals surface area (Å²) in [5, 5.41) is 0. The summed E-state index contributed by atoms with van der Waals surface area (Å²) in [6, 6.07) is 29.9. The molecule has 2 heterocycles. The van der Waals surface area contributed by atoms with Gasteiger partial charge < -0.3 is 37.9 Å². The van der Waals surface area contributed by atoms with Gasteiger partial charge in [-0.25, -0.2) is 0 Å². The molecule has 0 N–H and O–H groups in total. The average Bonchev–Trinajstić information content (AvgIpc) is 3.09. The second kappa shape index (κ2) is 17.9. The van der Waals surface area contributed by atoms with E-state index < -0.39 is 30.7 Å². The van der Waals surface area contributed by atoms with Crippen LogP contribution in [0.1, 0.15) is 36.5 Å². The summed E-state index contributed by atoms with van der Waals surface area (Å²) >= 11 is 0. The molecular formula is C37H44O9. The number of ether oxygens (including phenoxy) is 8. The second-order valence-corrected chi connectivity index (χ2v) is 11.3. The van der Waals surface area contributed by atoms with Crippen LogP contribution in [0.15, 0.2) is 103 Å². The van der Waals surface area contributed by atoms with Crippen LogP contribution in [0.5, 0.6) is 0 Å². The molecular weight excluding hydrogens is 588 g/mol. The molecule has 2 aliphatic rings. The minimum atomic E-state index is -0.742. The summed E-state index contributed by atoms with van der Waals surface area (Å²) in [6.07, 6.45) is 1.15. The summed E-state index contributed by atoms with van der Waals surface area (Å²) in [5.74, 6) is -0.333. The fourth-order valence-corrected chi connectivity index (χ4v) is 5.65. The Labute approximate surface area is 271 Å². The highest BCUT2D eigenvalue weighted by atomic mass is 16.7. The van der Waals surface area contributed by atoms with Crippen LogP contribution in [-0.2, 0) is 62.5 Å². The van der Waals surface area contributed by atoms with Crippen molar-refractivity contribution in [3.8, 4) is 0 Å². The summed E-state index contributed by atoms with van der Waals surface area (Å²) in [4.78, 5) is 11.6. The van der Waals surface area contributed by atoms with Gasteiger partial charge >= 0.3 is 5.97 Å². The highest BCUT2D eigenvalue weighted by molar-refractivity contribution is 5.66. The fraction of sp³-hybridized carbons (Fsp3) is 0.432. The van der Waals surface area contributed by atoms with Gasteiger partial charge in [0.2, 0.25) is 0 Å². The molecule has 46 heavy (non-hydrogen) atoms. The third kappa shape index (κ3) is 9.96. The molecule has 9 nitrogen and oxygen atoms in total. The maximum atomic E-state index is 11.6. The van der Waals surface area contributed by atoms with Crippen molar-refractivity contribution in [3.63, 3.8) is 0 Å². The zero-order valence-corrected chi connectivity index (χ0v) is 26.5. The topological polar surface area (TPSA) is 90.9 Å². The van der Waals surface area contributed by atoms with E-state index in [1.54, 1.807) is 19.4 Å². The Bertz CT molecular complexity index is 1320. The number of hydrogen-bond donors (Lipinski definition) is 0. The first-order valence-corrected chi connectivity index (χ1v) is 15.8. The predicted octanol–water partition coefficient (Wildman–Crippen LogP) is 5.75. The monoisotopic (exact) mass is 632 g/mol. The van der Waals surface area contributed by atoms with E-state index in [1.807, 2.05) is 91.0 Å². The molecule has 7 atom stereocenters. The lowest BCUT2D eigenvalue weighted by Crippen LogP contribution is -2.61. The van der Waals surface area contributed by atoms with E-state index in [2.05, 4.69) is 0 Å². The van der Waals surface area contributed by atoms with Gasteiger partial charge in [0.1, 0.15) is 43.2 Å². The maximum absolute atomic E-state index is 11.6. The minimum absolute atomic E-state index is 0.150. The van der Waals surface area contributed by atoms with Gasteiger partial charge in [0.25, 0.3) is 0 Å². The molecule has 5 rings (SSSR count). The molecule has 3 aromatic carbocycles. The number of carbonyl (C=O) groups excluding carboxylic acids is 1. The number of hydrogen-bond acceptors (Lipinski definition) is 9. The van der Waals surface area contributed by atoms with Crippen LogP contribution < -0.4 is 0 Å². The Morgan fingerprint density at radius 1 is 0.783 bits per heavy atom. The van der Waals surface area contributed by atoms with Crippen molar-refractivity contribution in [2.45, 2.75) is 82.5 Å². The van der Waals surface area contributed by atoms with E-state index in [4.69, 9.17) is 37.9 Å². The van der Waals surface area contributed by atoms with Crippen LogP contribution in [0.4, 0.5) is 0 Å². The number of benzene rings is 3. The molecule has 0 radical (unpaired) electrons. The molecule has 2 aliphatic heterocycles. The smallest absolute Gasteiger partial charge is 0.303 e. The molecule has 246 valence electrons. The number of rotatable bonds is 15. The van der Waals surface area contributed by atoms with E-state index >= 15 is 0 Å². The molecule has 0 aliphatic carbocycles. The van der Waals surface area contributed by atoms with Crippen LogP contribution in [0.2, 0.25) is 0 Å². The minimum Gasteiger partial charge on any atom is -0.499 e. The third-order valence-electron chi connectivity index (χ3n) is 7.93. The fourth-order valence-electron chi connectivity index (χ4n) is 5.65. The molecule has 0 spiro atoms. The van der Waals surface area contributed by atoms with Crippen molar-refractivity contribution in [1.29, 1.82) is 0 Å². The standard InChI is InChI=1S/C37H44O9/c1-27(38)45-32-19-12-21-41-31(32)20-22-40-26-33-34(42-23-28-13-6-3-7-14-28)35(43-24-29-15-8-4-9-16-29)36(37(39-2)46-33)44-25-30-17-10-5-11-18-30/h3-11,13-18,20,22,31-37H,12,19,21,23-26H2,1-2H3/b22-20+/t31-,32+,33-,34+,35+,36-,37+/m1/s1. The molecule has 3 aromatic rings. The van der Waals surface area contributed by atoms with Crippen LogP contribution >= 0.6 is 0 Å². The molecule has 0 saturated carbocycles. The second-order valence-electron chi connectivity index (χ2n) is 11.3. The van der Waals surface area contributed by atoms with Crippen molar-refractivity contribution >= 4 is 5.97 Å². The summed E-state index contributed by atoms with van der Waals surface area (Å²) in [5.41, 5.74) is 3.07. The zero-order chi connectivity index (χ0) is 32.0. The average molecular weight is 633 g/mol. The lowest BCUT2D eigenvalue weighted by molar-refractivity contribution is -0.321. The van der Waals surface area contributed by atoms with Crippen molar-refractivity contribution in [3.05, 3.63) is 120 Å². The van der Waals surface area contributed by atoms with Gasteiger partial charge in [-0.15, -0.1) is 0 Å². The molecule has 0 unspecified atom stereocenters. The van der Waals surface area contributed by atoms with Crippen molar-refractivity contribution in [2.75, 3.05) is 20.3 Å². The lowest BCUT2D eigenvalue weighted by atomic mass is 9.98. The van der Waals surface area contributed by atoms with Crippen molar-refractivity contribution < 1.29 is 42.7 Å². The van der Waals surface area contributed by atoms with Crippen molar-refractivity contribution in [1.82, 2.24) is 0 Å². The predicted molar refractivity (Wildman–Crippen MR) is 170 cm³/mol. The van der Waals surface area contributed by atoms with Crippen molar-refractivity contribution in [2.24, 2.45) is 0 Å². The normalized spacial score (nSPS) is 26.5. The Hall–Kier alpha value is -3.57. The van der Waals surface area contributed by atoms with E-state index in [1.165, 1.54) is 6.92 Å². The highest BCUT2D eigenvalue weighted by Crippen LogP contribution is 2.31. The number of methoxy groups -OCH3 is 1. The Morgan fingerprint density at radius 2 is 1.33 bits per heavy atom. The quantitative estimate of drug-likeness (QED) is 0.153. The first-order valence-electron chi connectivity index (χ1n) is 15.8. The molecule has 2 fully saturated rings. The zero-order valence-electron chi connectivity index (χ0n) is 26.5. The van der Waals surface area contributed by atoms with Crippen LogP contribution in [0.25, 0.3) is 0 Å². The first-order chi connectivity index (χ1) is 22.6. The van der Waals surface area contributed by atoms with Gasteiger partial charge in [-0.3, -0.25) is 4.79 Å². The van der Waals surface area contributed by atoms with Gasteiger partial charge in [-0.1, -0.05) is 91.0 Å². The lowest BCUT2D eigenvalue weighted by Gasteiger charge is -2.45. The van der Waals surface area contributed by atoms with Crippen LogP contribution in [0, 0.1) is 0 Å². The Morgan fingerprint density at radius 3 is 1.87 bits per heavy atom. The van der Waals surface area contributed by atoms with Gasteiger partial charge in [0.05, 0.1) is 26.1 Å². The van der Waals surface area contributed by atoms with Gasteiger partial charge in [0.15, 0.2) is 6.29 Å². The van der Waals surface area contributed by atoms with Gasteiger partial charge in [-0.05, 0) is 35.6 Å². The largest absolute Gasteiger partial charge is 0.499 e. The Kier molecular flexibility index (Phi) is 13.2. The molecule has 2 saturated heterocycles. The molecule has 0 amide bonds.